The van der Waals surface area contributed by atoms with Crippen LogP contribution in [0.5, 0.6) is 0 Å². The number of halogens is 1. The van der Waals surface area contributed by atoms with Crippen LogP contribution in [0.25, 0.3) is 10.1 Å². The molecule has 2 aromatic rings. The first kappa shape index (κ1) is 12.3. The number of nitrogens with two attached hydrogens (primary N) is 1. The average molecular weight is 242 g/mol. The van der Waals surface area contributed by atoms with Gasteiger partial charge in [-0.2, -0.15) is 0 Å². The predicted molar refractivity (Wildman–Crippen MR) is 72.2 cm³/mol. The first-order valence-corrected chi connectivity index (χ1v) is 5.63. The van der Waals surface area contributed by atoms with Gasteiger partial charge in [0.05, 0.1) is 5.69 Å². The molecule has 0 aliphatic heterocycles. The number of fused-ring (bicyclic) bond motifs is 1. The molecule has 0 radical (unpaired) electrons. The van der Waals surface area contributed by atoms with E-state index in [1.165, 1.54) is 15.6 Å². The van der Waals surface area contributed by atoms with Gasteiger partial charge < -0.3 is 5.73 Å². The monoisotopic (exact) mass is 241 g/mol. The van der Waals surface area contributed by atoms with Gasteiger partial charge in [0.1, 0.15) is 0 Å². The van der Waals surface area contributed by atoms with Gasteiger partial charge in [-0.05, 0) is 23.1 Å². The van der Waals surface area contributed by atoms with E-state index in [9.17, 15) is 0 Å². The topological polar surface area (TPSA) is 26.0 Å². The number of benzene rings is 1. The van der Waals surface area contributed by atoms with Crippen molar-refractivity contribution in [1.29, 1.82) is 0 Å². The molecule has 0 saturated carbocycles. The fraction of sp³-hybridized carbons (Fsp3) is 0.333. The molecule has 2 N–H and O–H groups in total. The lowest BCUT2D eigenvalue weighted by Gasteiger charge is -2.18. The smallest absolute Gasteiger partial charge is 0.0502 e. The normalized spacial score (nSPS) is 11.4. The molecule has 1 aromatic heterocycles. The van der Waals surface area contributed by atoms with Crippen LogP contribution in [0.2, 0.25) is 0 Å². The summed E-state index contributed by atoms with van der Waals surface area (Å²) in [5.41, 5.74) is 8.34. The van der Waals surface area contributed by atoms with Gasteiger partial charge in [0.2, 0.25) is 0 Å². The lowest BCUT2D eigenvalue weighted by atomic mass is 9.86. The molecule has 1 aromatic carbocycles. The SMILES string of the molecule is CC(C)(C)c1ccc2scc(N)c2c1.Cl. The Balaban J connectivity index is 0.00000112. The highest BCUT2D eigenvalue weighted by Gasteiger charge is 2.14. The van der Waals surface area contributed by atoms with Gasteiger partial charge in [0.15, 0.2) is 0 Å². The fourth-order valence-electron chi connectivity index (χ4n) is 1.52. The highest BCUT2D eigenvalue weighted by molar-refractivity contribution is 7.17. The van der Waals surface area contributed by atoms with Crippen LogP contribution in [0.15, 0.2) is 23.6 Å². The molecule has 0 aliphatic carbocycles. The minimum absolute atomic E-state index is 0. The van der Waals surface area contributed by atoms with E-state index >= 15 is 0 Å². The Morgan fingerprint density at radius 3 is 2.47 bits per heavy atom. The van der Waals surface area contributed by atoms with E-state index in [1.54, 1.807) is 11.3 Å². The summed E-state index contributed by atoms with van der Waals surface area (Å²) < 4.78 is 1.27. The zero-order valence-electron chi connectivity index (χ0n) is 9.20. The third-order valence-electron chi connectivity index (χ3n) is 2.47. The Kier molecular flexibility index (Phi) is 3.31. The number of thiophene rings is 1. The third-order valence-corrected chi connectivity index (χ3v) is 3.45. The highest BCUT2D eigenvalue weighted by Crippen LogP contribution is 2.32. The van der Waals surface area contributed by atoms with E-state index in [1.807, 2.05) is 5.38 Å². The van der Waals surface area contributed by atoms with E-state index in [0.29, 0.717) is 0 Å². The van der Waals surface area contributed by atoms with Crippen molar-refractivity contribution in [2.24, 2.45) is 0 Å². The maximum atomic E-state index is 5.90. The van der Waals surface area contributed by atoms with Gasteiger partial charge in [0, 0.05) is 15.5 Å². The van der Waals surface area contributed by atoms with E-state index < -0.39 is 0 Å². The molecule has 0 atom stereocenters. The molecule has 0 unspecified atom stereocenters. The van der Waals surface area contributed by atoms with Gasteiger partial charge in [0.25, 0.3) is 0 Å². The summed E-state index contributed by atoms with van der Waals surface area (Å²) in [4.78, 5) is 0. The Hall–Kier alpha value is -0.730. The first-order valence-electron chi connectivity index (χ1n) is 4.76. The van der Waals surface area contributed by atoms with E-state index in [4.69, 9.17) is 5.73 Å². The average Bonchev–Trinajstić information content (AvgIpc) is 2.46. The second-order valence-electron chi connectivity index (χ2n) is 4.65. The van der Waals surface area contributed by atoms with Crippen LogP contribution in [-0.4, -0.2) is 0 Å². The van der Waals surface area contributed by atoms with Crippen molar-refractivity contribution in [3.63, 3.8) is 0 Å². The van der Waals surface area contributed by atoms with Gasteiger partial charge in [-0.25, -0.2) is 0 Å². The molecule has 0 spiro atoms. The zero-order chi connectivity index (χ0) is 10.3. The Morgan fingerprint density at radius 2 is 1.87 bits per heavy atom. The van der Waals surface area contributed by atoms with E-state index in [0.717, 1.165) is 5.69 Å². The summed E-state index contributed by atoms with van der Waals surface area (Å²) in [7, 11) is 0. The maximum absolute atomic E-state index is 5.90. The van der Waals surface area contributed by atoms with Crippen LogP contribution in [0.3, 0.4) is 0 Å². The number of anilines is 1. The molecule has 0 amide bonds. The van der Waals surface area contributed by atoms with Crippen LogP contribution in [0.4, 0.5) is 5.69 Å². The number of rotatable bonds is 0. The summed E-state index contributed by atoms with van der Waals surface area (Å²) in [6, 6.07) is 6.57. The second kappa shape index (κ2) is 4.03. The van der Waals surface area contributed by atoms with Crippen molar-refractivity contribution in [1.82, 2.24) is 0 Å². The summed E-state index contributed by atoms with van der Waals surface area (Å²) in [6.07, 6.45) is 0. The molecule has 15 heavy (non-hydrogen) atoms. The third kappa shape index (κ3) is 2.27. The number of hydrogen-bond acceptors (Lipinski definition) is 2. The minimum Gasteiger partial charge on any atom is -0.398 e. The Labute approximate surface area is 101 Å². The molecule has 82 valence electrons. The molecule has 1 nitrogen and oxygen atoms in total. The van der Waals surface area contributed by atoms with E-state index in [2.05, 4.69) is 39.0 Å². The van der Waals surface area contributed by atoms with Crippen molar-refractivity contribution in [3.8, 4) is 0 Å². The largest absolute Gasteiger partial charge is 0.398 e. The van der Waals surface area contributed by atoms with Gasteiger partial charge in [-0.15, -0.1) is 23.7 Å². The van der Waals surface area contributed by atoms with Crippen LogP contribution in [0.1, 0.15) is 26.3 Å². The molecule has 0 fully saturated rings. The first-order chi connectivity index (χ1) is 6.48. The quantitative estimate of drug-likeness (QED) is 0.735. The zero-order valence-corrected chi connectivity index (χ0v) is 10.8. The molecular formula is C12H16ClNS. The van der Waals surface area contributed by atoms with E-state index in [-0.39, 0.29) is 17.8 Å². The molecule has 2 rings (SSSR count). The number of hydrogen-bond donors (Lipinski definition) is 1. The molecule has 0 bridgehead atoms. The van der Waals surface area contributed by atoms with Crippen molar-refractivity contribution in [3.05, 3.63) is 29.1 Å². The van der Waals surface area contributed by atoms with Gasteiger partial charge >= 0.3 is 0 Å². The Morgan fingerprint density at radius 1 is 1.20 bits per heavy atom. The lowest BCUT2D eigenvalue weighted by Crippen LogP contribution is -2.10. The summed E-state index contributed by atoms with van der Waals surface area (Å²) >= 11 is 1.71. The van der Waals surface area contributed by atoms with Crippen molar-refractivity contribution in [2.45, 2.75) is 26.2 Å². The van der Waals surface area contributed by atoms with Crippen molar-refractivity contribution in [2.75, 3.05) is 5.73 Å². The molecule has 0 saturated heterocycles. The van der Waals surface area contributed by atoms with Crippen molar-refractivity contribution < 1.29 is 0 Å². The summed E-state index contributed by atoms with van der Waals surface area (Å²) in [5, 5.41) is 3.21. The number of nitrogen functional groups attached to an aromatic ring is 1. The van der Waals surface area contributed by atoms with Gasteiger partial charge in [-0.1, -0.05) is 26.8 Å². The minimum atomic E-state index is 0. The summed E-state index contributed by atoms with van der Waals surface area (Å²) in [5.74, 6) is 0. The maximum Gasteiger partial charge on any atom is 0.0502 e. The second-order valence-corrected chi connectivity index (χ2v) is 5.56. The van der Waals surface area contributed by atoms with Crippen LogP contribution in [-0.2, 0) is 5.41 Å². The van der Waals surface area contributed by atoms with Gasteiger partial charge in [-0.3, -0.25) is 0 Å². The predicted octanol–water partition coefficient (Wildman–Crippen LogP) is 4.20. The van der Waals surface area contributed by atoms with Crippen molar-refractivity contribution >= 4 is 39.5 Å². The van der Waals surface area contributed by atoms with Crippen LogP contribution in [0, 0.1) is 0 Å². The molecule has 0 aliphatic rings. The summed E-state index contributed by atoms with van der Waals surface area (Å²) in [6.45, 7) is 6.66. The molecule has 1 heterocycles. The fourth-order valence-corrected chi connectivity index (χ4v) is 2.35. The Bertz CT molecular complexity index is 468. The van der Waals surface area contributed by atoms with Crippen LogP contribution >= 0.6 is 23.7 Å². The van der Waals surface area contributed by atoms with Crippen LogP contribution < -0.4 is 5.73 Å². The lowest BCUT2D eigenvalue weighted by molar-refractivity contribution is 0.591. The standard InChI is InChI=1S/C12H15NS.ClH/c1-12(2,3)8-4-5-11-9(6-8)10(13)7-14-11;/h4-7H,13H2,1-3H3;1H. The highest BCUT2D eigenvalue weighted by atomic mass is 35.5. The molecule has 3 heteroatoms. The molecular weight excluding hydrogens is 226 g/mol.